The van der Waals surface area contributed by atoms with Gasteiger partial charge in [0.05, 0.1) is 17.5 Å². The Hall–Kier alpha value is -2.22. The molecule has 6 heteroatoms. The van der Waals surface area contributed by atoms with Crippen molar-refractivity contribution in [1.82, 2.24) is 0 Å². The fourth-order valence-corrected chi connectivity index (χ4v) is 4.53. The predicted octanol–water partition coefficient (Wildman–Crippen LogP) is 4.47. The Balaban J connectivity index is 1.56. The Labute approximate surface area is 177 Å². The summed E-state index contributed by atoms with van der Waals surface area (Å²) in [4.78, 5) is 39.7. The van der Waals surface area contributed by atoms with Gasteiger partial charge >= 0.3 is 0 Å². The molecule has 4 rings (SSSR count). The fraction of sp³-hybridized carbons (Fsp3) is 0.318. The number of imide groups is 1. The van der Waals surface area contributed by atoms with E-state index in [1.165, 1.54) is 4.90 Å². The molecule has 1 aliphatic carbocycles. The van der Waals surface area contributed by atoms with Gasteiger partial charge in [0.1, 0.15) is 0 Å². The third kappa shape index (κ3) is 3.57. The first-order valence-corrected chi connectivity index (χ1v) is 10.6. The maximum Gasteiger partial charge on any atom is 0.255 e. The Kier molecular flexibility index (Phi) is 5.23. The van der Waals surface area contributed by atoms with Gasteiger partial charge in [0.15, 0.2) is 0 Å². The van der Waals surface area contributed by atoms with Crippen molar-refractivity contribution in [1.29, 1.82) is 0 Å². The number of anilines is 2. The molecule has 3 atom stereocenters. The van der Waals surface area contributed by atoms with Crippen molar-refractivity contribution in [3.63, 3.8) is 0 Å². The molecule has 0 unspecified atom stereocenters. The molecular formula is C22H21IN2O3. The predicted molar refractivity (Wildman–Crippen MR) is 116 cm³/mol. The maximum atomic E-state index is 12.9. The minimum atomic E-state index is -0.270. The molecule has 144 valence electrons. The summed E-state index contributed by atoms with van der Waals surface area (Å²) >= 11 is 2.20. The molecule has 0 bridgehead atoms. The average Bonchev–Trinajstić information content (AvgIpc) is 2.93. The number of carbonyl (C=O) groups is 3. The molecule has 2 aromatic rings. The van der Waals surface area contributed by atoms with Crippen LogP contribution in [0, 0.1) is 21.3 Å². The molecule has 1 N–H and O–H groups in total. The van der Waals surface area contributed by atoms with E-state index in [-0.39, 0.29) is 29.6 Å². The largest absolute Gasteiger partial charge is 0.322 e. The summed E-state index contributed by atoms with van der Waals surface area (Å²) in [5, 5.41) is 2.85. The minimum absolute atomic E-state index is 0.128. The van der Waals surface area contributed by atoms with Gasteiger partial charge in [0, 0.05) is 14.8 Å². The number of hydrogen-bond donors (Lipinski definition) is 1. The van der Waals surface area contributed by atoms with Gasteiger partial charge in [-0.3, -0.25) is 19.3 Å². The molecule has 0 spiro atoms. The summed E-state index contributed by atoms with van der Waals surface area (Å²) in [5.74, 6) is -0.500. The Morgan fingerprint density at radius 1 is 1.04 bits per heavy atom. The summed E-state index contributed by atoms with van der Waals surface area (Å²) in [6, 6.07) is 14.2. The summed E-state index contributed by atoms with van der Waals surface area (Å²) in [5.41, 5.74) is 1.59. The lowest BCUT2D eigenvalue weighted by molar-refractivity contribution is -0.122. The molecule has 0 aromatic heterocycles. The second kappa shape index (κ2) is 7.66. The van der Waals surface area contributed by atoms with E-state index in [0.717, 1.165) is 22.8 Å². The van der Waals surface area contributed by atoms with Crippen LogP contribution in [-0.2, 0) is 9.59 Å². The standard InChI is InChI=1S/C22H21IN2O3/c1-13-5-10-18-19(11-13)22(28)25(21(18)27)17-4-2-3-14(12-17)20(26)24-16-8-6-15(23)7-9-16/h2-4,6-9,12-13,18-19H,5,10-11H2,1H3,(H,24,26)/t13-,18-,19+/m0/s1. The van der Waals surface area contributed by atoms with Crippen molar-refractivity contribution >= 4 is 51.7 Å². The molecule has 1 saturated carbocycles. The van der Waals surface area contributed by atoms with Crippen molar-refractivity contribution in [2.45, 2.75) is 26.2 Å². The van der Waals surface area contributed by atoms with Crippen LogP contribution in [0.2, 0.25) is 0 Å². The number of hydrogen-bond acceptors (Lipinski definition) is 3. The van der Waals surface area contributed by atoms with Crippen molar-refractivity contribution in [3.8, 4) is 0 Å². The van der Waals surface area contributed by atoms with Gasteiger partial charge in [0.25, 0.3) is 5.91 Å². The second-order valence-corrected chi connectivity index (χ2v) is 8.90. The molecule has 2 aliphatic rings. The van der Waals surface area contributed by atoms with Crippen molar-refractivity contribution in [3.05, 3.63) is 57.7 Å². The van der Waals surface area contributed by atoms with Gasteiger partial charge in [-0.2, -0.15) is 0 Å². The Morgan fingerprint density at radius 3 is 2.50 bits per heavy atom. The van der Waals surface area contributed by atoms with Crippen LogP contribution in [0.25, 0.3) is 0 Å². The van der Waals surface area contributed by atoms with Gasteiger partial charge in [-0.25, -0.2) is 0 Å². The van der Waals surface area contributed by atoms with Gasteiger partial charge < -0.3 is 5.32 Å². The number of halogens is 1. The number of nitrogens with zero attached hydrogens (tertiary/aromatic N) is 1. The second-order valence-electron chi connectivity index (χ2n) is 7.65. The monoisotopic (exact) mass is 488 g/mol. The van der Waals surface area contributed by atoms with E-state index in [1.807, 2.05) is 24.3 Å². The lowest BCUT2D eigenvalue weighted by atomic mass is 9.76. The van der Waals surface area contributed by atoms with Crippen LogP contribution in [0.15, 0.2) is 48.5 Å². The van der Waals surface area contributed by atoms with E-state index in [9.17, 15) is 14.4 Å². The molecule has 5 nitrogen and oxygen atoms in total. The van der Waals surface area contributed by atoms with Crippen LogP contribution >= 0.6 is 22.6 Å². The number of rotatable bonds is 3. The van der Waals surface area contributed by atoms with Crippen LogP contribution in [-0.4, -0.2) is 17.7 Å². The first kappa shape index (κ1) is 19.1. The highest BCUT2D eigenvalue weighted by Crippen LogP contribution is 2.42. The van der Waals surface area contributed by atoms with Gasteiger partial charge in [-0.15, -0.1) is 0 Å². The summed E-state index contributed by atoms with van der Waals surface area (Å²) < 4.78 is 1.08. The smallest absolute Gasteiger partial charge is 0.255 e. The topological polar surface area (TPSA) is 66.5 Å². The van der Waals surface area contributed by atoms with E-state index in [0.29, 0.717) is 22.9 Å². The molecular weight excluding hydrogens is 467 g/mol. The summed E-state index contributed by atoms with van der Waals surface area (Å²) in [7, 11) is 0. The average molecular weight is 488 g/mol. The fourth-order valence-electron chi connectivity index (χ4n) is 4.17. The highest BCUT2D eigenvalue weighted by atomic mass is 127. The SMILES string of the molecule is C[C@H]1CC[C@@H]2C(=O)N(c3cccc(C(=O)Nc4ccc(I)cc4)c3)C(=O)[C@@H]2C1. The first-order chi connectivity index (χ1) is 13.4. The first-order valence-electron chi connectivity index (χ1n) is 9.49. The molecule has 3 amide bonds. The Bertz CT molecular complexity index is 941. The van der Waals surface area contributed by atoms with Crippen molar-refractivity contribution in [2.24, 2.45) is 17.8 Å². The molecule has 2 aromatic carbocycles. The zero-order valence-corrected chi connectivity index (χ0v) is 17.7. The van der Waals surface area contributed by atoms with E-state index in [1.54, 1.807) is 24.3 Å². The van der Waals surface area contributed by atoms with Crippen LogP contribution in [0.5, 0.6) is 0 Å². The third-order valence-electron chi connectivity index (χ3n) is 5.66. The molecule has 0 radical (unpaired) electrons. The molecule has 1 aliphatic heterocycles. The van der Waals surface area contributed by atoms with E-state index >= 15 is 0 Å². The van der Waals surface area contributed by atoms with Gasteiger partial charge in [-0.05, 0) is 90.2 Å². The number of amides is 3. The minimum Gasteiger partial charge on any atom is -0.322 e. The lowest BCUT2D eigenvalue weighted by Crippen LogP contribution is -2.31. The Morgan fingerprint density at radius 2 is 1.75 bits per heavy atom. The van der Waals surface area contributed by atoms with Crippen molar-refractivity contribution in [2.75, 3.05) is 10.2 Å². The highest BCUT2D eigenvalue weighted by Gasteiger charge is 2.50. The van der Waals surface area contributed by atoms with Crippen LogP contribution in [0.3, 0.4) is 0 Å². The normalized spacial score (nSPS) is 24.2. The summed E-state index contributed by atoms with van der Waals surface area (Å²) in [6.07, 6.45) is 2.51. The molecule has 28 heavy (non-hydrogen) atoms. The van der Waals surface area contributed by atoms with Gasteiger partial charge in [0.2, 0.25) is 11.8 Å². The van der Waals surface area contributed by atoms with Crippen molar-refractivity contribution < 1.29 is 14.4 Å². The lowest BCUT2D eigenvalue weighted by Gasteiger charge is -2.25. The zero-order chi connectivity index (χ0) is 19.8. The van der Waals surface area contributed by atoms with E-state index < -0.39 is 0 Å². The molecule has 1 heterocycles. The number of carbonyl (C=O) groups excluding carboxylic acids is 3. The maximum absolute atomic E-state index is 12.9. The van der Waals surface area contributed by atoms with Gasteiger partial charge in [-0.1, -0.05) is 13.0 Å². The van der Waals surface area contributed by atoms with Crippen LogP contribution in [0.4, 0.5) is 11.4 Å². The third-order valence-corrected chi connectivity index (χ3v) is 6.38. The zero-order valence-electron chi connectivity index (χ0n) is 15.5. The number of nitrogens with one attached hydrogen (secondary N) is 1. The summed E-state index contributed by atoms with van der Waals surface area (Å²) in [6.45, 7) is 2.13. The highest BCUT2D eigenvalue weighted by molar-refractivity contribution is 14.1. The quantitative estimate of drug-likeness (QED) is 0.513. The van der Waals surface area contributed by atoms with Crippen LogP contribution < -0.4 is 10.2 Å². The van der Waals surface area contributed by atoms with E-state index in [4.69, 9.17) is 0 Å². The van der Waals surface area contributed by atoms with Crippen LogP contribution in [0.1, 0.15) is 36.5 Å². The van der Waals surface area contributed by atoms with E-state index in [2.05, 4.69) is 34.8 Å². The number of benzene rings is 2. The number of fused-ring (bicyclic) bond motifs is 1. The molecule has 1 saturated heterocycles. The molecule has 2 fully saturated rings.